The summed E-state index contributed by atoms with van der Waals surface area (Å²) in [5.41, 5.74) is 2.43. The van der Waals surface area contributed by atoms with E-state index in [4.69, 9.17) is 9.47 Å². The molecule has 2 aromatic heterocycles. The number of carboxylic acids is 1. The maximum Gasteiger partial charge on any atom is 1.00 e. The summed E-state index contributed by atoms with van der Waals surface area (Å²) in [5, 5.41) is 13.2. The fourth-order valence-corrected chi connectivity index (χ4v) is 6.19. The van der Waals surface area contributed by atoms with Crippen molar-refractivity contribution in [2.75, 3.05) is 20.2 Å². The second kappa shape index (κ2) is 11.4. The molecule has 43 heavy (non-hydrogen) atoms. The zero-order chi connectivity index (χ0) is 29.0. The topological polar surface area (TPSA) is 122 Å². The SMILES string of the molecule is COc1cc(C(=O)N2CCC3(CC2)CC(=O)c2cc(-c4cc(C(=O)[O-])ccn4)ccc2O3)cc2c(C3CC3)nccc12.[Na+]. The van der Waals surface area contributed by atoms with Crippen LogP contribution in [-0.2, 0) is 0 Å². The summed E-state index contributed by atoms with van der Waals surface area (Å²) >= 11 is 0. The molecule has 2 fully saturated rings. The first kappa shape index (κ1) is 29.3. The number of aromatic carboxylic acids is 1. The van der Waals surface area contributed by atoms with Crippen molar-refractivity contribution in [3.05, 3.63) is 83.3 Å². The average molecular weight is 586 g/mol. The van der Waals surface area contributed by atoms with Crippen LogP contribution >= 0.6 is 0 Å². The van der Waals surface area contributed by atoms with Gasteiger partial charge in [-0.05, 0) is 61.4 Å². The van der Waals surface area contributed by atoms with E-state index >= 15 is 0 Å². The minimum atomic E-state index is -1.29. The third-order valence-electron chi connectivity index (χ3n) is 8.65. The van der Waals surface area contributed by atoms with E-state index in [1.54, 1.807) is 37.6 Å². The molecule has 1 spiro atoms. The molecule has 4 heterocycles. The largest absolute Gasteiger partial charge is 1.00 e. The number of aromatic nitrogens is 2. The van der Waals surface area contributed by atoms with Crippen LogP contribution < -0.4 is 44.1 Å². The number of hydrogen-bond donors (Lipinski definition) is 0. The van der Waals surface area contributed by atoms with Crippen molar-refractivity contribution in [3.8, 4) is 22.8 Å². The van der Waals surface area contributed by atoms with E-state index in [-0.39, 0.29) is 53.2 Å². The molecule has 0 radical (unpaired) electrons. The third kappa shape index (κ3) is 5.41. The van der Waals surface area contributed by atoms with Crippen LogP contribution in [0.5, 0.6) is 11.5 Å². The van der Waals surface area contributed by atoms with Crippen LogP contribution in [0.25, 0.3) is 22.0 Å². The van der Waals surface area contributed by atoms with Crippen molar-refractivity contribution >= 4 is 28.4 Å². The van der Waals surface area contributed by atoms with Crippen molar-refractivity contribution in [3.63, 3.8) is 0 Å². The Morgan fingerprint density at radius 2 is 1.74 bits per heavy atom. The van der Waals surface area contributed by atoms with Gasteiger partial charge >= 0.3 is 29.6 Å². The number of amides is 1. The molecule has 1 saturated heterocycles. The van der Waals surface area contributed by atoms with Crippen molar-refractivity contribution < 1.29 is 58.5 Å². The van der Waals surface area contributed by atoms with Crippen molar-refractivity contribution in [1.82, 2.24) is 14.9 Å². The summed E-state index contributed by atoms with van der Waals surface area (Å²) in [6, 6.07) is 13.7. The molecule has 2 aromatic carbocycles. The molecule has 1 amide bonds. The van der Waals surface area contributed by atoms with E-state index in [0.29, 0.717) is 65.7 Å². The van der Waals surface area contributed by atoms with Crippen LogP contribution in [-0.4, -0.2) is 58.3 Å². The summed E-state index contributed by atoms with van der Waals surface area (Å²) in [7, 11) is 1.62. The summed E-state index contributed by atoms with van der Waals surface area (Å²) in [5.74, 6) is 0.171. The molecule has 2 aliphatic heterocycles. The standard InChI is InChI=1S/C33H29N3O6.Na/c1-41-29-17-22(15-24-23(29)7-11-35-30(24)19-2-3-19)31(38)36-12-8-33(9-13-36)18-27(37)25-14-20(4-5-28(25)42-33)26-16-21(32(39)40)6-10-34-26;/h4-7,10-11,14-17,19H,2-3,8-9,12-13,18H2,1H3,(H,39,40);/q;+1/p-1. The molecule has 7 rings (SSSR count). The van der Waals surface area contributed by atoms with Crippen LogP contribution in [0.3, 0.4) is 0 Å². The Morgan fingerprint density at radius 1 is 0.977 bits per heavy atom. The van der Waals surface area contributed by atoms with Gasteiger partial charge in [-0.1, -0.05) is 0 Å². The number of methoxy groups -OCH3 is 1. The van der Waals surface area contributed by atoms with Gasteiger partial charge in [0.1, 0.15) is 17.1 Å². The second-order valence-corrected chi connectivity index (χ2v) is 11.3. The van der Waals surface area contributed by atoms with E-state index < -0.39 is 11.6 Å². The van der Waals surface area contributed by atoms with E-state index in [2.05, 4.69) is 9.97 Å². The number of ether oxygens (including phenoxy) is 2. The van der Waals surface area contributed by atoms with E-state index in [0.717, 1.165) is 29.3 Å². The van der Waals surface area contributed by atoms with Crippen LogP contribution in [0, 0.1) is 0 Å². The van der Waals surface area contributed by atoms with Gasteiger partial charge < -0.3 is 24.3 Å². The van der Waals surface area contributed by atoms with Gasteiger partial charge in [-0.2, -0.15) is 0 Å². The third-order valence-corrected chi connectivity index (χ3v) is 8.65. The van der Waals surface area contributed by atoms with Gasteiger partial charge in [0.2, 0.25) is 0 Å². The molecule has 212 valence electrons. The first-order valence-electron chi connectivity index (χ1n) is 14.1. The summed E-state index contributed by atoms with van der Waals surface area (Å²) < 4.78 is 12.1. The molecular weight excluding hydrogens is 557 g/mol. The maximum atomic E-state index is 13.7. The summed E-state index contributed by atoms with van der Waals surface area (Å²) in [6.45, 7) is 0.921. The van der Waals surface area contributed by atoms with Crippen molar-refractivity contribution in [1.29, 1.82) is 0 Å². The molecule has 3 aliphatic rings. The Hall–Kier alpha value is -3.79. The summed E-state index contributed by atoms with van der Waals surface area (Å²) in [4.78, 5) is 49.0. The van der Waals surface area contributed by atoms with Gasteiger partial charge in [0.05, 0.1) is 36.5 Å². The second-order valence-electron chi connectivity index (χ2n) is 11.3. The van der Waals surface area contributed by atoms with Crippen LogP contribution in [0.2, 0.25) is 0 Å². The Kier molecular flexibility index (Phi) is 7.75. The Bertz CT molecular complexity index is 1780. The number of pyridine rings is 2. The first-order valence-corrected chi connectivity index (χ1v) is 14.1. The quantitative estimate of drug-likeness (QED) is 0.321. The number of carbonyl (C=O) groups is 3. The number of fused-ring (bicyclic) bond motifs is 2. The minimum Gasteiger partial charge on any atom is -0.545 e. The predicted molar refractivity (Wildman–Crippen MR) is 152 cm³/mol. The van der Waals surface area contributed by atoms with E-state index in [9.17, 15) is 19.5 Å². The van der Waals surface area contributed by atoms with Crippen molar-refractivity contribution in [2.24, 2.45) is 0 Å². The van der Waals surface area contributed by atoms with Gasteiger partial charge in [0, 0.05) is 71.7 Å². The van der Waals surface area contributed by atoms with Gasteiger partial charge in [-0.25, -0.2) is 0 Å². The smallest absolute Gasteiger partial charge is 0.545 e. The molecule has 0 atom stereocenters. The Morgan fingerprint density at radius 3 is 2.47 bits per heavy atom. The molecule has 9 nitrogen and oxygen atoms in total. The number of benzene rings is 2. The number of Topliss-reactive ketones (excluding diaryl/α,β-unsaturated/α-hetero) is 1. The molecule has 1 aliphatic carbocycles. The molecular formula is C33H28N3NaO6. The number of hydrogen-bond acceptors (Lipinski definition) is 8. The fraction of sp³-hybridized carbons (Fsp3) is 0.303. The number of carbonyl (C=O) groups excluding carboxylic acids is 3. The van der Waals surface area contributed by atoms with Crippen LogP contribution in [0.1, 0.15) is 74.8 Å². The van der Waals surface area contributed by atoms with Crippen LogP contribution in [0.4, 0.5) is 0 Å². The van der Waals surface area contributed by atoms with Crippen molar-refractivity contribution in [2.45, 2.75) is 43.6 Å². The average Bonchev–Trinajstić information content (AvgIpc) is 3.86. The number of likely N-dealkylation sites (tertiary alicyclic amines) is 1. The van der Waals surface area contributed by atoms with E-state index in [1.807, 2.05) is 17.0 Å². The number of piperidine rings is 1. The number of ketones is 1. The van der Waals surface area contributed by atoms with Gasteiger partial charge in [-0.3, -0.25) is 19.6 Å². The Labute approximate surface area is 270 Å². The monoisotopic (exact) mass is 585 g/mol. The normalized spacial score (nSPS) is 17.1. The minimum absolute atomic E-state index is 0. The molecule has 0 bridgehead atoms. The number of nitrogens with zero attached hydrogens (tertiary/aromatic N) is 3. The predicted octanol–water partition coefficient (Wildman–Crippen LogP) is 1.19. The zero-order valence-corrected chi connectivity index (χ0v) is 26.1. The van der Waals surface area contributed by atoms with Crippen LogP contribution in [0.15, 0.2) is 60.9 Å². The molecule has 4 aromatic rings. The van der Waals surface area contributed by atoms with Gasteiger partial charge in [-0.15, -0.1) is 0 Å². The Balaban J connectivity index is 0.00000329. The summed E-state index contributed by atoms with van der Waals surface area (Å²) in [6.07, 6.45) is 6.69. The molecule has 1 saturated carbocycles. The number of rotatable bonds is 5. The van der Waals surface area contributed by atoms with Gasteiger partial charge in [0.15, 0.2) is 5.78 Å². The number of carboxylic acid groups (broad SMARTS) is 1. The first-order chi connectivity index (χ1) is 20.3. The maximum absolute atomic E-state index is 13.7. The molecule has 10 heteroatoms. The van der Waals surface area contributed by atoms with Gasteiger partial charge in [0.25, 0.3) is 5.91 Å². The fourth-order valence-electron chi connectivity index (χ4n) is 6.19. The zero-order valence-electron chi connectivity index (χ0n) is 24.1. The van der Waals surface area contributed by atoms with E-state index in [1.165, 1.54) is 18.3 Å². The molecule has 0 unspecified atom stereocenters. The molecule has 0 N–H and O–H groups in total.